The van der Waals surface area contributed by atoms with Crippen LogP contribution in [0.3, 0.4) is 0 Å². The smallest absolute Gasteiger partial charge is 0.258 e. The Bertz CT molecular complexity index is 731. The predicted octanol–water partition coefficient (Wildman–Crippen LogP) is 1.90. The number of rotatable bonds is 5. The van der Waals surface area contributed by atoms with Crippen LogP contribution in [0.4, 0.5) is 0 Å². The lowest BCUT2D eigenvalue weighted by atomic mass is 10.0. The van der Waals surface area contributed by atoms with E-state index in [1.807, 2.05) is 44.6 Å². The van der Waals surface area contributed by atoms with Crippen LogP contribution in [0.25, 0.3) is 23.0 Å². The van der Waals surface area contributed by atoms with E-state index in [4.69, 9.17) is 4.52 Å². The summed E-state index contributed by atoms with van der Waals surface area (Å²) in [7, 11) is 3.80. The Balaban J connectivity index is 1.93. The highest BCUT2D eigenvalue weighted by molar-refractivity contribution is 5.61. The number of aryl methyl sites for hydroxylation is 1. The van der Waals surface area contributed by atoms with Crippen LogP contribution in [-0.2, 0) is 13.5 Å². The van der Waals surface area contributed by atoms with E-state index in [1.165, 1.54) is 5.56 Å². The van der Waals surface area contributed by atoms with Gasteiger partial charge < -0.3 is 9.84 Å². The van der Waals surface area contributed by atoms with Crippen molar-refractivity contribution in [3.8, 4) is 23.0 Å². The van der Waals surface area contributed by atoms with Gasteiger partial charge in [0, 0.05) is 18.8 Å². The van der Waals surface area contributed by atoms with Gasteiger partial charge >= 0.3 is 0 Å². The van der Waals surface area contributed by atoms with E-state index in [0.717, 1.165) is 18.5 Å². The molecule has 1 N–H and O–H groups in total. The Morgan fingerprint density at radius 3 is 2.86 bits per heavy atom. The van der Waals surface area contributed by atoms with E-state index in [1.54, 1.807) is 4.68 Å². The first-order valence-electron chi connectivity index (χ1n) is 6.84. The van der Waals surface area contributed by atoms with E-state index in [-0.39, 0.29) is 0 Å². The molecule has 0 radical (unpaired) electrons. The van der Waals surface area contributed by atoms with E-state index in [9.17, 15) is 0 Å². The fraction of sp³-hybridized carbons (Fsp3) is 0.267. The van der Waals surface area contributed by atoms with Crippen LogP contribution in [0, 0.1) is 0 Å². The van der Waals surface area contributed by atoms with Gasteiger partial charge in [-0.25, -0.2) is 0 Å². The number of hydrogen-bond donors (Lipinski definition) is 1. The molecule has 0 atom stereocenters. The quantitative estimate of drug-likeness (QED) is 0.774. The Morgan fingerprint density at radius 2 is 2.10 bits per heavy atom. The lowest BCUT2D eigenvalue weighted by Gasteiger charge is -2.04. The molecule has 2 aromatic heterocycles. The van der Waals surface area contributed by atoms with Gasteiger partial charge in [0.1, 0.15) is 5.69 Å². The molecule has 0 saturated carbocycles. The van der Waals surface area contributed by atoms with Gasteiger partial charge in [-0.05, 0) is 37.7 Å². The first-order chi connectivity index (χ1) is 10.3. The summed E-state index contributed by atoms with van der Waals surface area (Å²) in [6.45, 7) is 0.901. The lowest BCUT2D eigenvalue weighted by Crippen LogP contribution is -2.10. The first-order valence-corrected chi connectivity index (χ1v) is 6.84. The molecule has 3 rings (SSSR count). The van der Waals surface area contributed by atoms with Gasteiger partial charge in [0.2, 0.25) is 5.82 Å². The third kappa shape index (κ3) is 2.85. The Morgan fingerprint density at radius 1 is 1.24 bits per heavy atom. The predicted molar refractivity (Wildman–Crippen MR) is 79.6 cm³/mol. The van der Waals surface area contributed by atoms with Gasteiger partial charge in [-0.3, -0.25) is 4.68 Å². The fourth-order valence-corrected chi connectivity index (χ4v) is 2.18. The van der Waals surface area contributed by atoms with Crippen LogP contribution >= 0.6 is 0 Å². The van der Waals surface area contributed by atoms with Gasteiger partial charge in [-0.1, -0.05) is 23.4 Å². The van der Waals surface area contributed by atoms with Crippen molar-refractivity contribution in [1.29, 1.82) is 0 Å². The van der Waals surface area contributed by atoms with Crippen molar-refractivity contribution >= 4 is 0 Å². The molecular formula is C15H17N5O. The standard InChI is InChI=1S/C15H17N5O/c1-16-9-7-11-5-3-4-6-12(11)15-17-14(19-21-15)13-8-10-20(2)18-13/h3-6,8,10,16H,7,9H2,1-2H3. The van der Waals surface area contributed by atoms with E-state index >= 15 is 0 Å². The highest BCUT2D eigenvalue weighted by atomic mass is 16.5. The van der Waals surface area contributed by atoms with Crippen LogP contribution in [0.15, 0.2) is 41.1 Å². The zero-order chi connectivity index (χ0) is 14.7. The molecule has 0 saturated heterocycles. The highest BCUT2D eigenvalue weighted by Crippen LogP contribution is 2.24. The molecule has 0 spiro atoms. The minimum absolute atomic E-state index is 0.508. The summed E-state index contributed by atoms with van der Waals surface area (Å²) >= 11 is 0. The summed E-state index contributed by atoms with van der Waals surface area (Å²) in [5.41, 5.74) is 2.87. The van der Waals surface area contributed by atoms with Crippen molar-refractivity contribution in [2.75, 3.05) is 13.6 Å². The summed E-state index contributed by atoms with van der Waals surface area (Å²) in [4.78, 5) is 4.46. The van der Waals surface area contributed by atoms with Gasteiger partial charge in [0.25, 0.3) is 5.89 Å². The maximum Gasteiger partial charge on any atom is 0.258 e. The second-order valence-corrected chi connectivity index (χ2v) is 4.81. The summed E-state index contributed by atoms with van der Waals surface area (Å²) in [6.07, 6.45) is 2.76. The molecule has 0 aliphatic carbocycles. The summed E-state index contributed by atoms with van der Waals surface area (Å²) < 4.78 is 7.12. The third-order valence-electron chi connectivity index (χ3n) is 3.26. The number of likely N-dealkylation sites (N-methyl/N-ethyl adjacent to an activating group) is 1. The third-order valence-corrected chi connectivity index (χ3v) is 3.26. The number of benzene rings is 1. The molecule has 0 bridgehead atoms. The molecule has 1 aromatic carbocycles. The highest BCUT2D eigenvalue weighted by Gasteiger charge is 2.14. The van der Waals surface area contributed by atoms with Gasteiger partial charge in [0.15, 0.2) is 0 Å². The average molecular weight is 283 g/mol. The Labute approximate surface area is 122 Å². The van der Waals surface area contributed by atoms with Gasteiger partial charge in [-0.2, -0.15) is 10.1 Å². The zero-order valence-electron chi connectivity index (χ0n) is 12.1. The topological polar surface area (TPSA) is 68.8 Å². The zero-order valence-corrected chi connectivity index (χ0v) is 12.1. The number of aromatic nitrogens is 4. The van der Waals surface area contributed by atoms with Crippen molar-refractivity contribution in [2.24, 2.45) is 7.05 Å². The summed E-state index contributed by atoms with van der Waals surface area (Å²) in [5.74, 6) is 1.04. The Kier molecular flexibility index (Phi) is 3.79. The van der Waals surface area contributed by atoms with E-state index in [2.05, 4.69) is 26.6 Å². The van der Waals surface area contributed by atoms with Gasteiger partial charge in [-0.15, -0.1) is 0 Å². The second-order valence-electron chi connectivity index (χ2n) is 4.81. The molecular weight excluding hydrogens is 266 g/mol. The van der Waals surface area contributed by atoms with E-state index < -0.39 is 0 Å². The number of nitrogens with one attached hydrogen (secondary N) is 1. The van der Waals surface area contributed by atoms with Crippen LogP contribution in [0.1, 0.15) is 5.56 Å². The normalized spacial score (nSPS) is 11.0. The molecule has 108 valence electrons. The minimum Gasteiger partial charge on any atom is -0.334 e. The average Bonchev–Trinajstić information content (AvgIpc) is 3.14. The molecule has 0 fully saturated rings. The number of nitrogens with zero attached hydrogens (tertiary/aromatic N) is 4. The van der Waals surface area contributed by atoms with Crippen molar-refractivity contribution in [3.63, 3.8) is 0 Å². The second kappa shape index (κ2) is 5.88. The SMILES string of the molecule is CNCCc1ccccc1-c1nc(-c2ccn(C)n2)no1. The van der Waals surface area contributed by atoms with Crippen molar-refractivity contribution in [1.82, 2.24) is 25.2 Å². The summed E-state index contributed by atoms with van der Waals surface area (Å²) in [5, 5.41) is 11.5. The van der Waals surface area contributed by atoms with Crippen molar-refractivity contribution in [2.45, 2.75) is 6.42 Å². The number of hydrogen-bond acceptors (Lipinski definition) is 5. The molecule has 3 aromatic rings. The Hall–Kier alpha value is -2.47. The van der Waals surface area contributed by atoms with Crippen LogP contribution in [0.5, 0.6) is 0 Å². The molecule has 0 unspecified atom stereocenters. The van der Waals surface area contributed by atoms with E-state index in [0.29, 0.717) is 17.4 Å². The van der Waals surface area contributed by atoms with Crippen molar-refractivity contribution < 1.29 is 4.52 Å². The van der Waals surface area contributed by atoms with Crippen LogP contribution in [-0.4, -0.2) is 33.5 Å². The molecule has 0 aliphatic heterocycles. The molecule has 0 amide bonds. The largest absolute Gasteiger partial charge is 0.334 e. The molecule has 21 heavy (non-hydrogen) atoms. The minimum atomic E-state index is 0.508. The van der Waals surface area contributed by atoms with Crippen LogP contribution in [0.2, 0.25) is 0 Å². The van der Waals surface area contributed by atoms with Gasteiger partial charge in [0.05, 0.1) is 0 Å². The first kappa shape index (κ1) is 13.5. The molecule has 0 aliphatic rings. The maximum atomic E-state index is 5.40. The van der Waals surface area contributed by atoms with Crippen molar-refractivity contribution in [3.05, 3.63) is 42.1 Å². The molecule has 6 heteroatoms. The summed E-state index contributed by atoms with van der Waals surface area (Å²) in [6, 6.07) is 9.94. The maximum absolute atomic E-state index is 5.40. The fourth-order valence-electron chi connectivity index (χ4n) is 2.18. The molecule has 6 nitrogen and oxygen atoms in total. The monoisotopic (exact) mass is 283 g/mol. The molecule has 2 heterocycles. The van der Waals surface area contributed by atoms with Crippen LogP contribution < -0.4 is 5.32 Å². The lowest BCUT2D eigenvalue weighted by molar-refractivity contribution is 0.431.